The number of ketones is 1. The molecule has 0 saturated heterocycles. The van der Waals surface area contributed by atoms with Crippen LogP contribution in [0.15, 0.2) is 48.5 Å². The van der Waals surface area contributed by atoms with Crippen molar-refractivity contribution in [3.63, 3.8) is 0 Å². The van der Waals surface area contributed by atoms with Gasteiger partial charge in [-0.2, -0.15) is 0 Å². The molecule has 0 spiro atoms. The van der Waals surface area contributed by atoms with Gasteiger partial charge in [0.25, 0.3) is 0 Å². The van der Waals surface area contributed by atoms with Gasteiger partial charge in [-0.15, -0.1) is 0 Å². The van der Waals surface area contributed by atoms with E-state index in [1.54, 1.807) is 18.2 Å². The van der Waals surface area contributed by atoms with Crippen molar-refractivity contribution in [1.29, 1.82) is 0 Å². The Bertz CT molecular complexity index is 624. The van der Waals surface area contributed by atoms with Gasteiger partial charge >= 0.3 is 0 Å². The van der Waals surface area contributed by atoms with Crippen molar-refractivity contribution in [2.45, 2.75) is 26.2 Å². The number of Topliss-reactive ketones (excluding diaryl/α,β-unsaturated/α-hetero) is 1. The van der Waals surface area contributed by atoms with E-state index in [1.165, 1.54) is 5.56 Å². The molecule has 2 aromatic carbocycles. The summed E-state index contributed by atoms with van der Waals surface area (Å²) in [5.41, 5.74) is 8.15. The normalized spacial score (nSPS) is 13.7. The highest BCUT2D eigenvalue weighted by Crippen LogP contribution is 2.27. The zero-order chi connectivity index (χ0) is 15.4. The molecule has 0 bridgehead atoms. The zero-order valence-corrected chi connectivity index (χ0v) is 13.1. The summed E-state index contributed by atoms with van der Waals surface area (Å²) in [4.78, 5) is 12.5. The van der Waals surface area contributed by atoms with Gasteiger partial charge in [-0.25, -0.2) is 0 Å². The average molecular weight is 302 g/mol. The number of nitrogen functional groups attached to an aromatic ring is 1. The second-order valence-corrected chi connectivity index (χ2v) is 5.98. The number of carbonyl (C=O) groups is 1. The Morgan fingerprint density at radius 1 is 1.14 bits per heavy atom. The molecule has 0 aromatic heterocycles. The Hall–Kier alpha value is -1.80. The molecule has 0 saturated carbocycles. The van der Waals surface area contributed by atoms with Crippen LogP contribution in [0.5, 0.6) is 0 Å². The van der Waals surface area contributed by atoms with Crippen molar-refractivity contribution in [3.05, 3.63) is 64.7 Å². The maximum atomic E-state index is 12.5. The summed E-state index contributed by atoms with van der Waals surface area (Å²) in [6.07, 6.45) is 0.787. The minimum absolute atomic E-state index is 0.0535. The van der Waals surface area contributed by atoms with Gasteiger partial charge in [0.15, 0.2) is 5.78 Å². The molecule has 0 aliphatic heterocycles. The van der Waals surface area contributed by atoms with Crippen LogP contribution in [-0.2, 0) is 0 Å². The van der Waals surface area contributed by atoms with E-state index >= 15 is 0 Å². The summed E-state index contributed by atoms with van der Waals surface area (Å²) >= 11 is 5.96. The van der Waals surface area contributed by atoms with E-state index in [9.17, 15) is 4.79 Å². The highest BCUT2D eigenvalue weighted by molar-refractivity contribution is 6.31. The maximum absolute atomic E-state index is 12.5. The monoisotopic (exact) mass is 301 g/mol. The summed E-state index contributed by atoms with van der Waals surface area (Å²) in [6, 6.07) is 15.3. The number of rotatable bonds is 5. The van der Waals surface area contributed by atoms with Crippen LogP contribution in [0.25, 0.3) is 0 Å². The molecule has 2 atom stereocenters. The van der Waals surface area contributed by atoms with Crippen molar-refractivity contribution in [1.82, 2.24) is 0 Å². The van der Waals surface area contributed by atoms with E-state index in [0.717, 1.165) is 6.42 Å². The molecule has 3 heteroatoms. The minimum Gasteiger partial charge on any atom is -0.398 e. The molecule has 0 aliphatic carbocycles. The van der Waals surface area contributed by atoms with Gasteiger partial charge in [-0.3, -0.25) is 4.79 Å². The van der Waals surface area contributed by atoms with E-state index < -0.39 is 0 Å². The van der Waals surface area contributed by atoms with Crippen molar-refractivity contribution in [2.75, 3.05) is 5.73 Å². The standard InChI is InChI=1S/C18H20ClNO/c1-12(14-6-4-3-5-7-14)10-13(2)18(21)16-11-15(19)8-9-17(16)20/h3-9,11-13H,10,20H2,1-2H3. The Balaban J connectivity index is 2.11. The van der Waals surface area contributed by atoms with Crippen LogP contribution in [0.4, 0.5) is 5.69 Å². The first kappa shape index (κ1) is 15.6. The molecule has 2 aromatic rings. The first-order chi connectivity index (χ1) is 9.99. The number of carbonyl (C=O) groups excluding carboxylic acids is 1. The lowest BCUT2D eigenvalue weighted by Gasteiger charge is -2.17. The maximum Gasteiger partial charge on any atom is 0.167 e. The molecule has 110 valence electrons. The number of nitrogens with two attached hydrogens (primary N) is 1. The quantitative estimate of drug-likeness (QED) is 0.628. The summed E-state index contributed by atoms with van der Waals surface area (Å²) in [6.45, 7) is 4.09. The molecule has 2 rings (SSSR count). The summed E-state index contributed by atoms with van der Waals surface area (Å²) in [5.74, 6) is 0.282. The van der Waals surface area contributed by atoms with Gasteiger partial charge in [0.05, 0.1) is 0 Å². The van der Waals surface area contributed by atoms with E-state index in [2.05, 4.69) is 19.1 Å². The van der Waals surface area contributed by atoms with E-state index in [4.69, 9.17) is 17.3 Å². The first-order valence-corrected chi connectivity index (χ1v) is 7.51. The average Bonchev–Trinajstić information content (AvgIpc) is 2.49. The zero-order valence-electron chi connectivity index (χ0n) is 12.3. The van der Waals surface area contributed by atoms with Gasteiger partial charge in [-0.05, 0) is 36.1 Å². The van der Waals surface area contributed by atoms with Crippen LogP contribution in [0.3, 0.4) is 0 Å². The predicted molar refractivity (Wildman–Crippen MR) is 88.8 cm³/mol. The van der Waals surface area contributed by atoms with Crippen molar-refractivity contribution in [3.8, 4) is 0 Å². The van der Waals surface area contributed by atoms with Crippen LogP contribution in [0.1, 0.15) is 42.1 Å². The van der Waals surface area contributed by atoms with Gasteiger partial charge in [0.1, 0.15) is 0 Å². The van der Waals surface area contributed by atoms with Crippen LogP contribution < -0.4 is 5.73 Å². The molecule has 0 aliphatic rings. The number of anilines is 1. The van der Waals surface area contributed by atoms with Gasteiger partial charge in [-0.1, -0.05) is 55.8 Å². The second-order valence-electron chi connectivity index (χ2n) is 5.54. The largest absolute Gasteiger partial charge is 0.398 e. The molecule has 2 nitrogen and oxygen atoms in total. The lowest BCUT2D eigenvalue weighted by molar-refractivity contribution is 0.0921. The molecule has 0 fully saturated rings. The summed E-state index contributed by atoms with van der Waals surface area (Å²) in [5, 5.41) is 0.538. The fourth-order valence-corrected chi connectivity index (χ4v) is 2.73. The number of halogens is 1. The highest BCUT2D eigenvalue weighted by Gasteiger charge is 2.20. The molecular weight excluding hydrogens is 282 g/mol. The molecule has 2 unspecified atom stereocenters. The van der Waals surface area contributed by atoms with Crippen LogP contribution in [0.2, 0.25) is 5.02 Å². The van der Waals surface area contributed by atoms with Crippen molar-refractivity contribution < 1.29 is 4.79 Å². The Labute approximate surface area is 130 Å². The Kier molecular flexibility index (Phi) is 5.03. The summed E-state index contributed by atoms with van der Waals surface area (Å²) < 4.78 is 0. The van der Waals surface area contributed by atoms with E-state index in [0.29, 0.717) is 22.2 Å². The van der Waals surface area contributed by atoms with Crippen LogP contribution in [-0.4, -0.2) is 5.78 Å². The van der Waals surface area contributed by atoms with Gasteiger partial charge < -0.3 is 5.73 Å². The van der Waals surface area contributed by atoms with Crippen LogP contribution >= 0.6 is 11.6 Å². The molecule has 0 heterocycles. The Morgan fingerprint density at radius 2 is 1.81 bits per heavy atom. The third-order valence-corrected chi connectivity index (χ3v) is 4.04. The molecule has 0 radical (unpaired) electrons. The lowest BCUT2D eigenvalue weighted by atomic mass is 9.86. The fourth-order valence-electron chi connectivity index (χ4n) is 2.56. The Morgan fingerprint density at radius 3 is 2.48 bits per heavy atom. The summed E-state index contributed by atoms with van der Waals surface area (Å²) in [7, 11) is 0. The van der Waals surface area contributed by atoms with E-state index in [1.807, 2.05) is 25.1 Å². The van der Waals surface area contributed by atoms with E-state index in [-0.39, 0.29) is 11.7 Å². The highest BCUT2D eigenvalue weighted by atomic mass is 35.5. The third kappa shape index (κ3) is 3.85. The van der Waals surface area contributed by atoms with Crippen LogP contribution in [0, 0.1) is 5.92 Å². The third-order valence-electron chi connectivity index (χ3n) is 3.80. The minimum atomic E-state index is -0.0963. The van der Waals surface area contributed by atoms with Gasteiger partial charge in [0.2, 0.25) is 0 Å². The smallest absolute Gasteiger partial charge is 0.167 e. The van der Waals surface area contributed by atoms with Crippen molar-refractivity contribution >= 4 is 23.1 Å². The number of hydrogen-bond acceptors (Lipinski definition) is 2. The molecule has 2 N–H and O–H groups in total. The van der Waals surface area contributed by atoms with Gasteiger partial charge in [0, 0.05) is 22.2 Å². The fraction of sp³-hybridized carbons (Fsp3) is 0.278. The molecular formula is C18H20ClNO. The predicted octanol–water partition coefficient (Wildman–Crippen LogP) is 4.93. The van der Waals surface area contributed by atoms with Crippen molar-refractivity contribution in [2.24, 2.45) is 5.92 Å². The second kappa shape index (κ2) is 6.77. The number of benzene rings is 2. The molecule has 0 amide bonds. The lowest BCUT2D eigenvalue weighted by Crippen LogP contribution is -2.15. The molecule has 21 heavy (non-hydrogen) atoms. The first-order valence-electron chi connectivity index (χ1n) is 7.13. The number of hydrogen-bond donors (Lipinski definition) is 1. The SMILES string of the molecule is CC(CC(C)c1ccccc1)C(=O)c1cc(Cl)ccc1N. The topological polar surface area (TPSA) is 43.1 Å².